The lowest BCUT2D eigenvalue weighted by Gasteiger charge is -2.34. The van der Waals surface area contributed by atoms with Crippen molar-refractivity contribution in [1.29, 1.82) is 0 Å². The van der Waals surface area contributed by atoms with Gasteiger partial charge in [0, 0.05) is 44.5 Å². The smallest absolute Gasteiger partial charge is 0.251 e. The molecule has 1 aliphatic heterocycles. The van der Waals surface area contributed by atoms with E-state index in [-0.39, 0.29) is 10.8 Å². The Morgan fingerprint density at radius 1 is 1.07 bits per heavy atom. The number of hydrogen-bond acceptors (Lipinski definition) is 5. The van der Waals surface area contributed by atoms with E-state index in [9.17, 15) is 13.2 Å². The molecule has 0 aliphatic carbocycles. The van der Waals surface area contributed by atoms with Gasteiger partial charge in [-0.1, -0.05) is 13.0 Å². The van der Waals surface area contributed by atoms with Gasteiger partial charge in [-0.05, 0) is 42.8 Å². The number of piperazine rings is 1. The Morgan fingerprint density at radius 3 is 2.37 bits per heavy atom. The van der Waals surface area contributed by atoms with E-state index in [0.29, 0.717) is 38.3 Å². The second kappa shape index (κ2) is 8.49. The van der Waals surface area contributed by atoms with Crippen molar-refractivity contribution < 1.29 is 13.2 Å². The molecule has 0 saturated carbocycles. The fraction of sp³-hybridized carbons (Fsp3) is 0.368. The monoisotopic (exact) mass is 388 g/mol. The van der Waals surface area contributed by atoms with Gasteiger partial charge in [0.25, 0.3) is 5.91 Å². The van der Waals surface area contributed by atoms with Gasteiger partial charge in [-0.3, -0.25) is 4.79 Å². The molecule has 27 heavy (non-hydrogen) atoms. The van der Waals surface area contributed by atoms with Crippen LogP contribution in [0.4, 0.5) is 5.82 Å². The van der Waals surface area contributed by atoms with Gasteiger partial charge in [-0.15, -0.1) is 0 Å². The van der Waals surface area contributed by atoms with E-state index in [1.54, 1.807) is 18.3 Å². The van der Waals surface area contributed by atoms with Gasteiger partial charge < -0.3 is 10.2 Å². The van der Waals surface area contributed by atoms with Crippen molar-refractivity contribution in [2.75, 3.05) is 37.6 Å². The number of benzene rings is 1. The maximum absolute atomic E-state index is 12.9. The van der Waals surface area contributed by atoms with Gasteiger partial charge in [0.15, 0.2) is 0 Å². The summed E-state index contributed by atoms with van der Waals surface area (Å²) in [4.78, 5) is 18.6. The van der Waals surface area contributed by atoms with Gasteiger partial charge in [-0.25, -0.2) is 13.4 Å². The average molecular weight is 388 g/mol. The molecule has 0 atom stereocenters. The number of anilines is 1. The summed E-state index contributed by atoms with van der Waals surface area (Å²) >= 11 is 0. The minimum Gasteiger partial charge on any atom is -0.354 e. The van der Waals surface area contributed by atoms with Gasteiger partial charge in [0.05, 0.1) is 4.90 Å². The van der Waals surface area contributed by atoms with Crippen LogP contribution in [0.1, 0.15) is 23.7 Å². The van der Waals surface area contributed by atoms with E-state index >= 15 is 0 Å². The van der Waals surface area contributed by atoms with Crippen molar-refractivity contribution in [1.82, 2.24) is 14.6 Å². The molecular weight excluding hydrogens is 364 g/mol. The molecule has 3 rings (SSSR count). The summed E-state index contributed by atoms with van der Waals surface area (Å²) in [6.07, 6.45) is 2.58. The molecule has 7 nitrogen and oxygen atoms in total. The molecule has 1 amide bonds. The van der Waals surface area contributed by atoms with Crippen LogP contribution in [0.25, 0.3) is 0 Å². The minimum absolute atomic E-state index is 0.190. The highest BCUT2D eigenvalue weighted by atomic mass is 32.2. The number of hydrogen-bond donors (Lipinski definition) is 1. The summed E-state index contributed by atoms with van der Waals surface area (Å²) in [6.45, 7) is 4.56. The lowest BCUT2D eigenvalue weighted by Crippen LogP contribution is -2.48. The van der Waals surface area contributed by atoms with Crippen molar-refractivity contribution in [3.8, 4) is 0 Å². The molecule has 0 radical (unpaired) electrons. The predicted octanol–water partition coefficient (Wildman–Crippen LogP) is 1.73. The molecule has 1 aromatic carbocycles. The van der Waals surface area contributed by atoms with Crippen LogP contribution in [-0.2, 0) is 10.0 Å². The molecule has 2 aromatic rings. The average Bonchev–Trinajstić information content (AvgIpc) is 2.73. The SMILES string of the molecule is CCCNC(=O)c1ccc(S(=O)(=O)N2CCN(c3ccccn3)CC2)cc1. The Kier molecular flexibility index (Phi) is 6.08. The Labute approximate surface area is 160 Å². The Bertz CT molecular complexity index is 862. The standard InChI is InChI=1S/C19H24N4O3S/c1-2-10-21-19(24)16-6-8-17(9-7-16)27(25,26)23-14-12-22(13-15-23)18-5-3-4-11-20-18/h3-9,11H,2,10,12-15H2,1H3,(H,21,24). The number of sulfonamides is 1. The molecule has 1 fully saturated rings. The number of carbonyl (C=O) groups is 1. The summed E-state index contributed by atoms with van der Waals surface area (Å²) in [5, 5.41) is 2.78. The van der Waals surface area contributed by atoms with E-state index in [2.05, 4.69) is 15.2 Å². The van der Waals surface area contributed by atoms with E-state index in [1.807, 2.05) is 25.1 Å². The largest absolute Gasteiger partial charge is 0.354 e. The second-order valence-electron chi connectivity index (χ2n) is 6.36. The molecule has 1 aromatic heterocycles. The second-order valence-corrected chi connectivity index (χ2v) is 8.30. The van der Waals surface area contributed by atoms with E-state index in [0.717, 1.165) is 12.2 Å². The van der Waals surface area contributed by atoms with Crippen molar-refractivity contribution >= 4 is 21.7 Å². The van der Waals surface area contributed by atoms with Crippen molar-refractivity contribution in [3.05, 3.63) is 54.2 Å². The molecule has 0 spiro atoms. The topological polar surface area (TPSA) is 82.6 Å². The number of rotatable bonds is 6. The summed E-state index contributed by atoms with van der Waals surface area (Å²) < 4.78 is 27.2. The number of carbonyl (C=O) groups excluding carboxylic acids is 1. The van der Waals surface area contributed by atoms with Crippen molar-refractivity contribution in [2.45, 2.75) is 18.2 Å². The van der Waals surface area contributed by atoms with Crippen LogP contribution in [0, 0.1) is 0 Å². The fourth-order valence-electron chi connectivity index (χ4n) is 2.97. The van der Waals surface area contributed by atoms with Crippen LogP contribution in [0.15, 0.2) is 53.6 Å². The quantitative estimate of drug-likeness (QED) is 0.815. The number of aromatic nitrogens is 1. The van der Waals surface area contributed by atoms with Crippen LogP contribution in [0.2, 0.25) is 0 Å². The first-order valence-electron chi connectivity index (χ1n) is 9.07. The van der Waals surface area contributed by atoms with Crippen LogP contribution in [0.3, 0.4) is 0 Å². The molecule has 2 heterocycles. The minimum atomic E-state index is -3.57. The summed E-state index contributed by atoms with van der Waals surface area (Å²) in [7, 11) is -3.57. The molecule has 1 N–H and O–H groups in total. The zero-order valence-electron chi connectivity index (χ0n) is 15.3. The van der Waals surface area contributed by atoms with E-state index in [4.69, 9.17) is 0 Å². The fourth-order valence-corrected chi connectivity index (χ4v) is 4.39. The molecule has 1 aliphatic rings. The van der Waals surface area contributed by atoms with Crippen LogP contribution in [-0.4, -0.2) is 56.3 Å². The Morgan fingerprint density at radius 2 is 1.78 bits per heavy atom. The highest BCUT2D eigenvalue weighted by Crippen LogP contribution is 2.20. The maximum Gasteiger partial charge on any atom is 0.251 e. The summed E-state index contributed by atoms with van der Waals surface area (Å²) in [5.41, 5.74) is 0.461. The molecule has 0 unspecified atom stereocenters. The van der Waals surface area contributed by atoms with Gasteiger partial charge in [0.2, 0.25) is 10.0 Å². The van der Waals surface area contributed by atoms with E-state index in [1.165, 1.54) is 16.4 Å². The third-order valence-corrected chi connectivity index (χ3v) is 6.41. The molecule has 1 saturated heterocycles. The zero-order valence-corrected chi connectivity index (χ0v) is 16.2. The van der Waals surface area contributed by atoms with Crippen molar-refractivity contribution in [2.24, 2.45) is 0 Å². The summed E-state index contributed by atoms with van der Waals surface area (Å²) in [5.74, 6) is 0.668. The number of nitrogens with one attached hydrogen (secondary N) is 1. The maximum atomic E-state index is 12.9. The first-order valence-corrected chi connectivity index (χ1v) is 10.5. The highest BCUT2D eigenvalue weighted by molar-refractivity contribution is 7.89. The lowest BCUT2D eigenvalue weighted by atomic mass is 10.2. The van der Waals surface area contributed by atoms with Crippen LogP contribution < -0.4 is 10.2 Å². The molecular formula is C19H24N4O3S. The first kappa shape index (κ1) is 19.3. The molecule has 0 bridgehead atoms. The molecule has 8 heteroatoms. The van der Waals surface area contributed by atoms with Crippen molar-refractivity contribution in [3.63, 3.8) is 0 Å². The van der Waals surface area contributed by atoms with Crippen LogP contribution >= 0.6 is 0 Å². The number of pyridine rings is 1. The van der Waals surface area contributed by atoms with Gasteiger partial charge >= 0.3 is 0 Å². The first-order chi connectivity index (χ1) is 13.0. The van der Waals surface area contributed by atoms with Gasteiger partial charge in [-0.2, -0.15) is 4.31 Å². The normalized spacial score (nSPS) is 15.5. The number of amides is 1. The highest BCUT2D eigenvalue weighted by Gasteiger charge is 2.28. The predicted molar refractivity (Wildman–Crippen MR) is 104 cm³/mol. The lowest BCUT2D eigenvalue weighted by molar-refractivity contribution is 0.0953. The van der Waals surface area contributed by atoms with Crippen LogP contribution in [0.5, 0.6) is 0 Å². The third kappa shape index (κ3) is 4.45. The molecule has 144 valence electrons. The Hall–Kier alpha value is -2.45. The summed E-state index contributed by atoms with van der Waals surface area (Å²) in [6, 6.07) is 11.8. The van der Waals surface area contributed by atoms with E-state index < -0.39 is 10.0 Å². The zero-order chi connectivity index (χ0) is 19.3. The third-order valence-electron chi connectivity index (χ3n) is 4.50. The Balaban J connectivity index is 1.65. The van der Waals surface area contributed by atoms with Gasteiger partial charge in [0.1, 0.15) is 5.82 Å². The number of nitrogens with zero attached hydrogens (tertiary/aromatic N) is 3.